The standard InChI is InChI=1S/C32H25NO2.C16H19N.C15H15N/c1-3-4-5-10-22(19-33)24-13-8-15-26-28-17-16-27-25-14-7-12-23(21-11-6-9-20(2)18-21)29(25)34-31(27)32(28)35-30(24)26;1-3-5-9-14(4-2)12-13-16(17)15-10-7-6-8-11-15;16-15(14-9-5-2-6-10-14)12-11-13-7-3-1-4-8-13/h3-19H,33H2,1-2H3;3-11,13H,1,12,17H2,2H3;1-10,12H,11,16H2/b4-3+,10-5-,22-19+;9-5-,14-4+,16-13-;15-12-. The number of fused-ring (bicyclic) bond motifs is 7. The fraction of sp³-hybridized carbons (Fsp3) is 0.0794. The summed E-state index contributed by atoms with van der Waals surface area (Å²) in [6.07, 6.45) is 23.2. The maximum Gasteiger partial charge on any atom is 0.178 e. The second kappa shape index (κ2) is 23.6. The van der Waals surface area contributed by atoms with Crippen molar-refractivity contribution < 1.29 is 8.83 Å². The van der Waals surface area contributed by atoms with Gasteiger partial charge in [0.2, 0.25) is 0 Å². The summed E-state index contributed by atoms with van der Waals surface area (Å²) in [5, 5.41) is 4.19. The molecule has 0 aliphatic heterocycles. The Labute approximate surface area is 400 Å². The fourth-order valence-corrected chi connectivity index (χ4v) is 7.92. The molecular weight excluding hydrogens is 831 g/mol. The Morgan fingerprint density at radius 2 is 1.13 bits per heavy atom. The highest BCUT2D eigenvalue weighted by atomic mass is 16.4. The van der Waals surface area contributed by atoms with E-state index in [1.54, 1.807) is 12.3 Å². The molecule has 9 rings (SSSR count). The van der Waals surface area contributed by atoms with E-state index >= 15 is 0 Å². The van der Waals surface area contributed by atoms with E-state index in [0.717, 1.165) is 102 Å². The summed E-state index contributed by atoms with van der Waals surface area (Å²) in [4.78, 5) is 0. The van der Waals surface area contributed by atoms with Crippen LogP contribution in [0.5, 0.6) is 0 Å². The van der Waals surface area contributed by atoms with Gasteiger partial charge in [0, 0.05) is 55.8 Å². The molecule has 338 valence electrons. The molecular formula is C63H59N3O2. The Morgan fingerprint density at radius 3 is 1.74 bits per heavy atom. The van der Waals surface area contributed by atoms with Gasteiger partial charge in [-0.15, -0.1) is 0 Å². The maximum absolute atomic E-state index is 6.57. The van der Waals surface area contributed by atoms with Gasteiger partial charge in [-0.05, 0) is 73.6 Å². The van der Waals surface area contributed by atoms with Crippen molar-refractivity contribution >= 4 is 60.8 Å². The Bertz CT molecular complexity index is 3340. The molecule has 7 aromatic carbocycles. The average Bonchev–Trinajstić information content (AvgIpc) is 3.97. The Hall–Kier alpha value is -8.54. The second-order valence-electron chi connectivity index (χ2n) is 16.2. The van der Waals surface area contributed by atoms with E-state index in [4.69, 9.17) is 26.0 Å². The molecule has 5 heteroatoms. The van der Waals surface area contributed by atoms with Crippen molar-refractivity contribution in [2.24, 2.45) is 17.2 Å². The van der Waals surface area contributed by atoms with E-state index in [1.165, 1.54) is 16.7 Å². The molecule has 2 heterocycles. The summed E-state index contributed by atoms with van der Waals surface area (Å²) < 4.78 is 13.1. The SMILES string of the molecule is C/C=C/C=C\C(=C/N)c1cccc2c1oc1c2ccc2c3cccc(-c4cccc(C)c4)c3oc21.C=C/C=C\C(=C/C)C/C=C(\N)c1ccccc1.N/C(=C\Cc1ccccc1)c1ccccc1. The number of aryl methyl sites for hydroxylation is 1. The highest BCUT2D eigenvalue weighted by Gasteiger charge is 2.19. The van der Waals surface area contributed by atoms with Gasteiger partial charge in [-0.3, -0.25) is 0 Å². The third-order valence-electron chi connectivity index (χ3n) is 11.5. The Balaban J connectivity index is 0.000000173. The summed E-state index contributed by atoms with van der Waals surface area (Å²) in [6.45, 7) is 9.77. The van der Waals surface area contributed by atoms with E-state index in [2.05, 4.69) is 98.5 Å². The van der Waals surface area contributed by atoms with Crippen LogP contribution in [0.4, 0.5) is 0 Å². The summed E-state index contributed by atoms with van der Waals surface area (Å²) >= 11 is 0. The lowest BCUT2D eigenvalue weighted by Gasteiger charge is -2.03. The fourth-order valence-electron chi connectivity index (χ4n) is 7.92. The molecule has 2 aromatic heterocycles. The molecule has 0 radical (unpaired) electrons. The molecule has 68 heavy (non-hydrogen) atoms. The number of furan rings is 2. The minimum Gasteiger partial charge on any atom is -0.451 e. The molecule has 0 bridgehead atoms. The predicted octanol–water partition coefficient (Wildman–Crippen LogP) is 16.2. The lowest BCUT2D eigenvalue weighted by Crippen LogP contribution is -1.96. The van der Waals surface area contributed by atoms with Crippen molar-refractivity contribution in [3.8, 4) is 11.1 Å². The number of allylic oxidation sites excluding steroid dienone is 12. The summed E-state index contributed by atoms with van der Waals surface area (Å²) in [7, 11) is 0. The number of benzene rings is 7. The van der Waals surface area contributed by atoms with Crippen LogP contribution in [0.3, 0.4) is 0 Å². The zero-order chi connectivity index (χ0) is 47.7. The lowest BCUT2D eigenvalue weighted by molar-refractivity contribution is 0.633. The number of hydrogen-bond donors (Lipinski definition) is 3. The normalized spacial score (nSPS) is 12.6. The van der Waals surface area contributed by atoms with Crippen molar-refractivity contribution in [2.75, 3.05) is 0 Å². The quantitative estimate of drug-likeness (QED) is 0.106. The van der Waals surface area contributed by atoms with Crippen LogP contribution in [-0.4, -0.2) is 0 Å². The van der Waals surface area contributed by atoms with Crippen LogP contribution in [0, 0.1) is 6.92 Å². The lowest BCUT2D eigenvalue weighted by atomic mass is 10.0. The minimum absolute atomic E-state index is 0.755. The molecule has 0 amide bonds. The van der Waals surface area contributed by atoms with Crippen LogP contribution < -0.4 is 17.2 Å². The number of nitrogens with two attached hydrogens (primary N) is 3. The summed E-state index contributed by atoms with van der Waals surface area (Å²) in [5.41, 5.74) is 32.8. The molecule has 0 spiro atoms. The molecule has 0 fully saturated rings. The molecule has 9 aromatic rings. The molecule has 6 N–H and O–H groups in total. The molecule has 0 aliphatic carbocycles. The zero-order valence-electron chi connectivity index (χ0n) is 39.1. The average molecular weight is 890 g/mol. The van der Waals surface area contributed by atoms with Crippen LogP contribution in [0.15, 0.2) is 252 Å². The van der Waals surface area contributed by atoms with Crippen LogP contribution in [0.1, 0.15) is 48.1 Å². The van der Waals surface area contributed by atoms with Gasteiger partial charge in [0.25, 0.3) is 0 Å². The first-order chi connectivity index (χ1) is 33.3. The molecule has 0 atom stereocenters. The largest absolute Gasteiger partial charge is 0.451 e. The first-order valence-electron chi connectivity index (χ1n) is 22.9. The predicted molar refractivity (Wildman–Crippen MR) is 292 cm³/mol. The topological polar surface area (TPSA) is 104 Å². The van der Waals surface area contributed by atoms with E-state index < -0.39 is 0 Å². The first-order valence-corrected chi connectivity index (χ1v) is 22.9. The molecule has 0 saturated heterocycles. The summed E-state index contributed by atoms with van der Waals surface area (Å²) in [5.74, 6) is 0. The van der Waals surface area contributed by atoms with Crippen molar-refractivity contribution in [1.29, 1.82) is 0 Å². The molecule has 5 nitrogen and oxygen atoms in total. The van der Waals surface area contributed by atoms with Crippen LogP contribution in [0.25, 0.3) is 72.0 Å². The summed E-state index contributed by atoms with van der Waals surface area (Å²) in [6, 6.07) is 55.6. The molecule has 0 unspecified atom stereocenters. The first kappa shape index (κ1) is 47.4. The van der Waals surface area contributed by atoms with E-state index in [9.17, 15) is 0 Å². The maximum atomic E-state index is 6.57. The third kappa shape index (κ3) is 11.6. The van der Waals surface area contributed by atoms with Gasteiger partial charge in [-0.1, -0.05) is 225 Å². The highest BCUT2D eigenvalue weighted by molar-refractivity contribution is 6.21. The highest BCUT2D eigenvalue weighted by Crippen LogP contribution is 2.42. The van der Waals surface area contributed by atoms with Gasteiger partial charge in [0.15, 0.2) is 11.2 Å². The van der Waals surface area contributed by atoms with Gasteiger partial charge in [0.1, 0.15) is 11.2 Å². The monoisotopic (exact) mass is 889 g/mol. The van der Waals surface area contributed by atoms with Crippen molar-refractivity contribution in [3.63, 3.8) is 0 Å². The van der Waals surface area contributed by atoms with Gasteiger partial charge >= 0.3 is 0 Å². The van der Waals surface area contributed by atoms with Crippen molar-refractivity contribution in [3.05, 3.63) is 271 Å². The zero-order valence-corrected chi connectivity index (χ0v) is 39.1. The van der Waals surface area contributed by atoms with Crippen molar-refractivity contribution in [1.82, 2.24) is 0 Å². The Morgan fingerprint density at radius 1 is 0.559 bits per heavy atom. The third-order valence-corrected chi connectivity index (χ3v) is 11.5. The van der Waals surface area contributed by atoms with E-state index in [-0.39, 0.29) is 0 Å². The second-order valence-corrected chi connectivity index (χ2v) is 16.2. The van der Waals surface area contributed by atoms with Gasteiger partial charge in [-0.25, -0.2) is 0 Å². The van der Waals surface area contributed by atoms with E-state index in [1.807, 2.05) is 147 Å². The van der Waals surface area contributed by atoms with Gasteiger partial charge in [-0.2, -0.15) is 0 Å². The Kier molecular flexibility index (Phi) is 16.4. The van der Waals surface area contributed by atoms with Crippen molar-refractivity contribution in [2.45, 2.75) is 33.6 Å². The molecule has 0 aliphatic rings. The van der Waals surface area contributed by atoms with Crippen LogP contribution >= 0.6 is 0 Å². The number of hydrogen-bond acceptors (Lipinski definition) is 5. The smallest absolute Gasteiger partial charge is 0.178 e. The van der Waals surface area contributed by atoms with Crippen LogP contribution in [0.2, 0.25) is 0 Å². The van der Waals surface area contributed by atoms with E-state index in [0.29, 0.717) is 0 Å². The number of para-hydroxylation sites is 2. The molecule has 0 saturated carbocycles. The van der Waals surface area contributed by atoms with Gasteiger partial charge < -0.3 is 26.0 Å². The minimum atomic E-state index is 0.755. The van der Waals surface area contributed by atoms with Crippen LogP contribution in [-0.2, 0) is 6.42 Å². The van der Waals surface area contributed by atoms with Gasteiger partial charge in [0.05, 0.1) is 0 Å². The number of rotatable bonds is 12.